The molecule has 2 aromatic heterocycles. The first-order chi connectivity index (χ1) is 11.5. The van der Waals surface area contributed by atoms with Gasteiger partial charge in [-0.1, -0.05) is 43.0 Å². The molecule has 0 saturated heterocycles. The van der Waals surface area contributed by atoms with Crippen LogP contribution in [-0.2, 0) is 6.42 Å². The van der Waals surface area contributed by atoms with Crippen molar-refractivity contribution in [3.8, 4) is 0 Å². The third-order valence-corrected chi connectivity index (χ3v) is 4.85. The summed E-state index contributed by atoms with van der Waals surface area (Å²) in [5.74, 6) is 0.657. The smallest absolute Gasteiger partial charge is 0.253 e. The first-order valence-corrected chi connectivity index (χ1v) is 8.86. The van der Waals surface area contributed by atoms with E-state index in [9.17, 15) is 4.79 Å². The van der Waals surface area contributed by atoms with Gasteiger partial charge in [-0.05, 0) is 38.8 Å². The third kappa shape index (κ3) is 3.33. The average molecular weight is 340 g/mol. The van der Waals surface area contributed by atoms with Crippen molar-refractivity contribution < 1.29 is 4.79 Å². The van der Waals surface area contributed by atoms with Crippen molar-refractivity contribution in [2.45, 2.75) is 44.5 Å². The van der Waals surface area contributed by atoms with E-state index in [0.29, 0.717) is 10.9 Å². The minimum Gasteiger partial charge on any atom is -0.293 e. The Labute approximate surface area is 145 Å². The van der Waals surface area contributed by atoms with Crippen LogP contribution in [-0.4, -0.2) is 30.6 Å². The zero-order chi connectivity index (χ0) is 17.3. The molecule has 0 unspecified atom stereocenters. The summed E-state index contributed by atoms with van der Waals surface area (Å²) in [6.45, 7) is 7.88. The van der Waals surface area contributed by atoms with Crippen LogP contribution in [0.4, 0.5) is 0 Å². The van der Waals surface area contributed by atoms with Crippen LogP contribution < -0.4 is 0 Å². The second-order valence-electron chi connectivity index (χ2n) is 5.82. The van der Waals surface area contributed by atoms with E-state index in [1.165, 1.54) is 17.3 Å². The normalized spacial score (nSPS) is 12.5. The number of benzene rings is 1. The number of carbonyl (C=O) groups is 1. The van der Waals surface area contributed by atoms with Crippen LogP contribution in [0.3, 0.4) is 0 Å². The SMILES string of the molecule is CCc1ccc(C(=O)[C@@H](C)Sc2nc3nc(C)cc(C)n3n2)cc1. The van der Waals surface area contributed by atoms with E-state index in [1.807, 2.05) is 51.1 Å². The van der Waals surface area contributed by atoms with Gasteiger partial charge in [0.05, 0.1) is 5.25 Å². The molecule has 0 bridgehead atoms. The zero-order valence-corrected chi connectivity index (χ0v) is 15.1. The summed E-state index contributed by atoms with van der Waals surface area (Å²) in [6, 6.07) is 9.75. The molecule has 0 saturated carbocycles. The zero-order valence-electron chi connectivity index (χ0n) is 14.3. The summed E-state index contributed by atoms with van der Waals surface area (Å²) < 4.78 is 1.71. The summed E-state index contributed by atoms with van der Waals surface area (Å²) in [4.78, 5) is 21.4. The Morgan fingerprint density at radius 1 is 1.21 bits per heavy atom. The fourth-order valence-electron chi connectivity index (χ4n) is 2.55. The molecule has 5 nitrogen and oxygen atoms in total. The molecule has 1 atom stereocenters. The minimum atomic E-state index is -0.253. The van der Waals surface area contributed by atoms with Crippen LogP contribution in [0.5, 0.6) is 0 Å². The van der Waals surface area contributed by atoms with Gasteiger partial charge in [0.1, 0.15) is 0 Å². The first-order valence-electron chi connectivity index (χ1n) is 7.98. The van der Waals surface area contributed by atoms with Gasteiger partial charge >= 0.3 is 0 Å². The highest BCUT2D eigenvalue weighted by atomic mass is 32.2. The molecule has 0 radical (unpaired) electrons. The standard InChI is InChI=1S/C18H20N4OS/c1-5-14-6-8-15(9-7-14)16(23)13(4)24-18-20-17-19-11(2)10-12(3)22(17)21-18/h6-10,13H,5H2,1-4H3/t13-/m1/s1. The van der Waals surface area contributed by atoms with Gasteiger partial charge in [-0.3, -0.25) is 4.79 Å². The molecule has 124 valence electrons. The van der Waals surface area contributed by atoms with Gasteiger partial charge in [0.2, 0.25) is 5.16 Å². The van der Waals surface area contributed by atoms with Gasteiger partial charge in [0.15, 0.2) is 5.78 Å². The quantitative estimate of drug-likeness (QED) is 0.524. The Balaban J connectivity index is 1.79. The minimum absolute atomic E-state index is 0.0855. The van der Waals surface area contributed by atoms with Crippen LogP contribution in [0, 0.1) is 13.8 Å². The Morgan fingerprint density at radius 2 is 1.92 bits per heavy atom. The number of aryl methyl sites for hydroxylation is 3. The molecule has 0 fully saturated rings. The summed E-state index contributed by atoms with van der Waals surface area (Å²) >= 11 is 1.36. The number of ketones is 1. The molecular weight excluding hydrogens is 320 g/mol. The maximum Gasteiger partial charge on any atom is 0.253 e. The maximum absolute atomic E-state index is 12.6. The summed E-state index contributed by atoms with van der Waals surface area (Å²) in [7, 11) is 0. The van der Waals surface area contributed by atoms with Crippen LogP contribution in [0.25, 0.3) is 5.78 Å². The number of fused-ring (bicyclic) bond motifs is 1. The maximum atomic E-state index is 12.6. The fourth-order valence-corrected chi connectivity index (χ4v) is 3.37. The largest absolute Gasteiger partial charge is 0.293 e. The molecule has 0 aliphatic heterocycles. The monoisotopic (exact) mass is 340 g/mol. The molecule has 0 N–H and O–H groups in total. The molecule has 3 rings (SSSR count). The predicted molar refractivity (Wildman–Crippen MR) is 95.7 cm³/mol. The van der Waals surface area contributed by atoms with Crippen molar-refractivity contribution >= 4 is 23.3 Å². The van der Waals surface area contributed by atoms with Crippen molar-refractivity contribution in [3.63, 3.8) is 0 Å². The lowest BCUT2D eigenvalue weighted by Gasteiger charge is -2.08. The number of hydrogen-bond acceptors (Lipinski definition) is 5. The molecule has 1 aromatic carbocycles. The highest BCUT2D eigenvalue weighted by Gasteiger charge is 2.19. The second-order valence-corrected chi connectivity index (χ2v) is 7.13. The van der Waals surface area contributed by atoms with Gasteiger partial charge < -0.3 is 0 Å². The Bertz CT molecular complexity index is 886. The van der Waals surface area contributed by atoms with E-state index in [1.54, 1.807) is 4.52 Å². The Kier molecular flexibility index (Phi) is 4.66. The van der Waals surface area contributed by atoms with Gasteiger partial charge in [-0.25, -0.2) is 9.50 Å². The topological polar surface area (TPSA) is 60.2 Å². The lowest BCUT2D eigenvalue weighted by molar-refractivity contribution is 0.0994. The van der Waals surface area contributed by atoms with E-state index in [0.717, 1.165) is 23.4 Å². The van der Waals surface area contributed by atoms with Crippen LogP contribution in [0.2, 0.25) is 0 Å². The molecule has 2 heterocycles. The van der Waals surface area contributed by atoms with E-state index in [4.69, 9.17) is 0 Å². The van der Waals surface area contributed by atoms with Gasteiger partial charge in [-0.15, -0.1) is 5.10 Å². The van der Waals surface area contributed by atoms with E-state index in [2.05, 4.69) is 22.0 Å². The number of carbonyl (C=O) groups excluding carboxylic acids is 1. The number of thioether (sulfide) groups is 1. The highest BCUT2D eigenvalue weighted by Crippen LogP contribution is 2.23. The van der Waals surface area contributed by atoms with E-state index in [-0.39, 0.29) is 11.0 Å². The number of aromatic nitrogens is 4. The molecule has 0 spiro atoms. The van der Waals surface area contributed by atoms with Crippen molar-refractivity contribution in [2.24, 2.45) is 0 Å². The van der Waals surface area contributed by atoms with Gasteiger partial charge in [0.25, 0.3) is 5.78 Å². The lowest BCUT2D eigenvalue weighted by atomic mass is 10.1. The van der Waals surface area contributed by atoms with Crippen LogP contribution in [0.15, 0.2) is 35.5 Å². The highest BCUT2D eigenvalue weighted by molar-refractivity contribution is 8.00. The van der Waals surface area contributed by atoms with Crippen molar-refractivity contribution in [2.75, 3.05) is 0 Å². The number of Topliss-reactive ketones (excluding diaryl/α,β-unsaturated/α-hetero) is 1. The van der Waals surface area contributed by atoms with E-state index >= 15 is 0 Å². The Hall–Kier alpha value is -2.21. The van der Waals surface area contributed by atoms with Crippen LogP contribution >= 0.6 is 11.8 Å². The van der Waals surface area contributed by atoms with Gasteiger partial charge in [0, 0.05) is 17.0 Å². The number of hydrogen-bond donors (Lipinski definition) is 0. The third-order valence-electron chi connectivity index (χ3n) is 3.90. The average Bonchev–Trinajstić information content (AvgIpc) is 2.96. The summed E-state index contributed by atoms with van der Waals surface area (Å²) in [5, 5.41) is 4.77. The first kappa shape index (κ1) is 16.6. The van der Waals surface area contributed by atoms with Crippen LogP contribution in [0.1, 0.15) is 41.2 Å². The van der Waals surface area contributed by atoms with Gasteiger partial charge in [-0.2, -0.15) is 4.98 Å². The molecule has 0 aliphatic carbocycles. The molecular formula is C18H20N4OS. The summed E-state index contributed by atoms with van der Waals surface area (Å²) in [6.07, 6.45) is 0.968. The van der Waals surface area contributed by atoms with E-state index < -0.39 is 0 Å². The Morgan fingerprint density at radius 3 is 2.58 bits per heavy atom. The molecule has 0 amide bonds. The number of rotatable bonds is 5. The lowest BCUT2D eigenvalue weighted by Crippen LogP contribution is -2.13. The molecule has 6 heteroatoms. The molecule has 0 aliphatic rings. The summed E-state index contributed by atoms with van der Waals surface area (Å²) in [5.41, 5.74) is 3.84. The molecule has 24 heavy (non-hydrogen) atoms. The second kappa shape index (κ2) is 6.73. The van der Waals surface area contributed by atoms with Crippen molar-refractivity contribution in [1.29, 1.82) is 0 Å². The molecule has 3 aromatic rings. The fraction of sp³-hybridized carbons (Fsp3) is 0.333. The van der Waals surface area contributed by atoms with Crippen molar-refractivity contribution in [1.82, 2.24) is 19.6 Å². The number of nitrogens with zero attached hydrogens (tertiary/aromatic N) is 4. The van der Waals surface area contributed by atoms with Crippen molar-refractivity contribution in [3.05, 3.63) is 52.8 Å². The predicted octanol–water partition coefficient (Wildman–Crippen LogP) is 3.67.